The first-order chi connectivity index (χ1) is 13.1. The molecule has 1 aliphatic carbocycles. The molecule has 0 aromatic rings. The Morgan fingerprint density at radius 2 is 2.11 bits per heavy atom. The van der Waals surface area contributed by atoms with Crippen LogP contribution in [0.1, 0.15) is 27.2 Å². The maximum absolute atomic E-state index is 12.6. The molecule has 148 valence electrons. The standard InChI is InChI=1S/C21H33N5O/c1-5-8-20(21(27)25(6-2)7-3)24-17(4)23-18-9-11-19(12-10-18)26-15-13-22-14-16-26/h5,8-9,11-12,18,22H,1,6-7,10,13-16H2,2-4H3,(H,23,24)/b20-8-. The first-order valence-electron chi connectivity index (χ1n) is 9.86. The Kier molecular flexibility index (Phi) is 8.33. The molecule has 2 rings (SSSR count). The van der Waals surface area contributed by atoms with Crippen LogP contribution in [0.25, 0.3) is 0 Å². The monoisotopic (exact) mass is 371 g/mol. The van der Waals surface area contributed by atoms with Crippen molar-refractivity contribution in [1.29, 1.82) is 0 Å². The van der Waals surface area contributed by atoms with E-state index in [0.29, 0.717) is 18.8 Å². The molecule has 0 aromatic carbocycles. The Morgan fingerprint density at radius 3 is 2.67 bits per heavy atom. The van der Waals surface area contributed by atoms with Crippen molar-refractivity contribution in [3.63, 3.8) is 0 Å². The van der Waals surface area contributed by atoms with E-state index in [2.05, 4.69) is 40.3 Å². The summed E-state index contributed by atoms with van der Waals surface area (Å²) in [5.74, 6) is 0.701. The van der Waals surface area contributed by atoms with Crippen LogP contribution in [0.15, 0.2) is 53.3 Å². The van der Waals surface area contributed by atoms with Crippen molar-refractivity contribution in [3.8, 4) is 0 Å². The van der Waals surface area contributed by atoms with Crippen molar-refractivity contribution < 1.29 is 4.79 Å². The molecule has 6 heteroatoms. The summed E-state index contributed by atoms with van der Waals surface area (Å²) in [7, 11) is 0. The van der Waals surface area contributed by atoms with Gasteiger partial charge < -0.3 is 20.4 Å². The second-order valence-corrected chi connectivity index (χ2v) is 6.66. The van der Waals surface area contributed by atoms with Crippen LogP contribution in [0, 0.1) is 0 Å². The normalized spacial score (nSPS) is 20.9. The molecule has 0 saturated carbocycles. The number of likely N-dealkylation sites (N-methyl/N-ethyl adjacent to an activating group) is 1. The minimum absolute atomic E-state index is 0.0328. The zero-order chi connectivity index (χ0) is 19.6. The summed E-state index contributed by atoms with van der Waals surface area (Å²) in [5, 5.41) is 6.54. The van der Waals surface area contributed by atoms with Crippen molar-refractivity contribution in [3.05, 3.63) is 48.4 Å². The van der Waals surface area contributed by atoms with E-state index in [4.69, 9.17) is 4.99 Å². The van der Waals surface area contributed by atoms with Crippen LogP contribution in [-0.2, 0) is 4.79 Å². The van der Waals surface area contributed by atoms with E-state index in [-0.39, 0.29) is 11.9 Å². The molecule has 0 bridgehead atoms. The molecule has 27 heavy (non-hydrogen) atoms. The zero-order valence-corrected chi connectivity index (χ0v) is 16.9. The average molecular weight is 372 g/mol. The fraction of sp³-hybridized carbons (Fsp3) is 0.524. The van der Waals surface area contributed by atoms with E-state index in [1.807, 2.05) is 20.8 Å². The molecule has 2 aliphatic rings. The van der Waals surface area contributed by atoms with Crippen molar-refractivity contribution in [1.82, 2.24) is 20.4 Å². The highest BCUT2D eigenvalue weighted by atomic mass is 16.2. The highest BCUT2D eigenvalue weighted by Gasteiger charge is 2.17. The molecule has 1 saturated heterocycles. The van der Waals surface area contributed by atoms with Crippen LogP contribution in [0.3, 0.4) is 0 Å². The zero-order valence-electron chi connectivity index (χ0n) is 16.9. The Hall–Kier alpha value is -2.34. The van der Waals surface area contributed by atoms with Crippen molar-refractivity contribution in [2.45, 2.75) is 33.2 Å². The first kappa shape index (κ1) is 21.0. The highest BCUT2D eigenvalue weighted by Crippen LogP contribution is 2.17. The van der Waals surface area contributed by atoms with Gasteiger partial charge in [-0.15, -0.1) is 0 Å². The summed E-state index contributed by atoms with van der Waals surface area (Å²) < 4.78 is 0. The number of carbonyl (C=O) groups is 1. The van der Waals surface area contributed by atoms with Gasteiger partial charge in [-0.25, -0.2) is 0 Å². The van der Waals surface area contributed by atoms with E-state index < -0.39 is 0 Å². The minimum atomic E-state index is -0.0328. The Morgan fingerprint density at radius 1 is 1.41 bits per heavy atom. The molecular weight excluding hydrogens is 338 g/mol. The second kappa shape index (κ2) is 10.7. The number of hydrogen-bond donors (Lipinski definition) is 2. The number of piperazine rings is 1. The molecule has 1 heterocycles. The number of nitrogens with zero attached hydrogens (tertiary/aromatic N) is 3. The Bertz CT molecular complexity index is 637. The van der Waals surface area contributed by atoms with Gasteiger partial charge in [0.05, 0.1) is 11.9 Å². The second-order valence-electron chi connectivity index (χ2n) is 6.66. The predicted molar refractivity (Wildman–Crippen MR) is 113 cm³/mol. The van der Waals surface area contributed by atoms with E-state index in [9.17, 15) is 4.79 Å². The largest absolute Gasteiger partial charge is 0.369 e. The molecule has 1 amide bonds. The molecule has 1 atom stereocenters. The number of nitrogens with one attached hydrogen (secondary N) is 2. The fourth-order valence-corrected chi connectivity index (χ4v) is 3.29. The van der Waals surface area contributed by atoms with Crippen LogP contribution < -0.4 is 10.6 Å². The lowest BCUT2D eigenvalue weighted by Gasteiger charge is -2.31. The maximum atomic E-state index is 12.6. The average Bonchev–Trinajstić information content (AvgIpc) is 2.69. The SMILES string of the molecule is C=C/C=C(\NC(C)=NC1C=CC(N2CCNCC2)=CC1)C(=O)N(CC)CC. The smallest absolute Gasteiger partial charge is 0.270 e. The summed E-state index contributed by atoms with van der Waals surface area (Å²) in [5.41, 5.74) is 1.80. The third-order valence-electron chi connectivity index (χ3n) is 4.78. The summed E-state index contributed by atoms with van der Waals surface area (Å²) >= 11 is 0. The van der Waals surface area contributed by atoms with Gasteiger partial charge in [-0.1, -0.05) is 24.8 Å². The number of hydrogen-bond acceptors (Lipinski definition) is 4. The fourth-order valence-electron chi connectivity index (χ4n) is 3.29. The van der Waals surface area contributed by atoms with Gasteiger partial charge >= 0.3 is 0 Å². The quantitative estimate of drug-likeness (QED) is 0.311. The summed E-state index contributed by atoms with van der Waals surface area (Å²) in [6, 6.07) is 0.0951. The van der Waals surface area contributed by atoms with E-state index in [1.54, 1.807) is 17.1 Å². The van der Waals surface area contributed by atoms with Crippen LogP contribution in [-0.4, -0.2) is 66.9 Å². The molecule has 0 aromatic heterocycles. The topological polar surface area (TPSA) is 60.0 Å². The van der Waals surface area contributed by atoms with Gasteiger partial charge in [0.25, 0.3) is 5.91 Å². The number of allylic oxidation sites excluding steroid dienone is 3. The molecule has 1 fully saturated rings. The number of amidine groups is 1. The van der Waals surface area contributed by atoms with Gasteiger partial charge in [-0.05, 0) is 39.3 Å². The molecule has 0 spiro atoms. The van der Waals surface area contributed by atoms with E-state index in [1.165, 1.54) is 5.70 Å². The lowest BCUT2D eigenvalue weighted by Crippen LogP contribution is -2.42. The lowest BCUT2D eigenvalue weighted by atomic mass is 10.1. The molecule has 1 aliphatic heterocycles. The van der Waals surface area contributed by atoms with Crippen LogP contribution >= 0.6 is 0 Å². The summed E-state index contributed by atoms with van der Waals surface area (Å²) in [4.78, 5) is 21.5. The van der Waals surface area contributed by atoms with Crippen LogP contribution in [0.5, 0.6) is 0 Å². The first-order valence-corrected chi connectivity index (χ1v) is 9.86. The van der Waals surface area contributed by atoms with Gasteiger partial charge in [-0.3, -0.25) is 9.79 Å². The van der Waals surface area contributed by atoms with Gasteiger partial charge in [-0.2, -0.15) is 0 Å². The number of rotatable bonds is 7. The summed E-state index contributed by atoms with van der Waals surface area (Å²) in [6.07, 6.45) is 10.8. The highest BCUT2D eigenvalue weighted by molar-refractivity contribution is 5.98. The Balaban J connectivity index is 1.97. The van der Waals surface area contributed by atoms with Gasteiger partial charge in [0.15, 0.2) is 0 Å². The predicted octanol–water partition coefficient (Wildman–Crippen LogP) is 2.05. The van der Waals surface area contributed by atoms with Gasteiger partial charge in [0, 0.05) is 45.0 Å². The summed E-state index contributed by atoms with van der Waals surface area (Å²) in [6.45, 7) is 15.1. The van der Waals surface area contributed by atoms with Gasteiger partial charge in [0.2, 0.25) is 0 Å². The Labute approximate surface area is 163 Å². The molecule has 2 N–H and O–H groups in total. The third kappa shape index (κ3) is 6.10. The molecule has 6 nitrogen and oxygen atoms in total. The lowest BCUT2D eigenvalue weighted by molar-refractivity contribution is -0.127. The number of aliphatic imine (C=N–C) groups is 1. The third-order valence-corrected chi connectivity index (χ3v) is 4.78. The number of carbonyl (C=O) groups excluding carboxylic acids is 1. The maximum Gasteiger partial charge on any atom is 0.270 e. The molecule has 1 unspecified atom stereocenters. The van der Waals surface area contributed by atoms with Crippen molar-refractivity contribution in [2.24, 2.45) is 4.99 Å². The molecular formula is C21H33N5O. The van der Waals surface area contributed by atoms with E-state index in [0.717, 1.165) is 38.4 Å². The van der Waals surface area contributed by atoms with Crippen molar-refractivity contribution >= 4 is 11.7 Å². The molecule has 0 radical (unpaired) electrons. The van der Waals surface area contributed by atoms with Crippen molar-refractivity contribution in [2.75, 3.05) is 39.3 Å². The van der Waals surface area contributed by atoms with Gasteiger partial charge in [0.1, 0.15) is 5.70 Å². The minimum Gasteiger partial charge on any atom is -0.369 e. The van der Waals surface area contributed by atoms with Crippen LogP contribution in [0.4, 0.5) is 0 Å². The number of amides is 1. The van der Waals surface area contributed by atoms with E-state index >= 15 is 0 Å². The van der Waals surface area contributed by atoms with Crippen LogP contribution in [0.2, 0.25) is 0 Å².